The molecular formula is C10H11N3O2S. The average Bonchev–Trinajstić information content (AvgIpc) is 2.97. The molecule has 0 radical (unpaired) electrons. The monoisotopic (exact) mass is 237 g/mol. The van der Waals surface area contributed by atoms with Gasteiger partial charge in [-0.2, -0.15) is 4.98 Å². The number of hydrogen-bond acceptors (Lipinski definition) is 6. The normalized spacial score (nSPS) is 20.4. The zero-order chi connectivity index (χ0) is 11.0. The predicted octanol–water partition coefficient (Wildman–Crippen LogP) is 2.01. The number of ether oxygens (including phenoxy) is 1. The molecule has 1 atom stereocenters. The zero-order valence-corrected chi connectivity index (χ0v) is 9.66. The minimum absolute atomic E-state index is 0.284. The van der Waals surface area contributed by atoms with Crippen molar-refractivity contribution in [3.8, 4) is 10.8 Å². The Kier molecular flexibility index (Phi) is 2.45. The van der Waals surface area contributed by atoms with Gasteiger partial charge in [0.05, 0.1) is 17.8 Å². The van der Waals surface area contributed by atoms with Gasteiger partial charge in [0.15, 0.2) is 5.82 Å². The molecule has 0 unspecified atom stereocenters. The Bertz CT molecular complexity index is 488. The van der Waals surface area contributed by atoms with Gasteiger partial charge in [0.1, 0.15) is 4.88 Å². The lowest BCUT2D eigenvalue weighted by atomic mass is 10.1. The van der Waals surface area contributed by atoms with Crippen molar-refractivity contribution in [1.29, 1.82) is 0 Å². The van der Waals surface area contributed by atoms with Crippen molar-refractivity contribution in [2.45, 2.75) is 19.3 Å². The van der Waals surface area contributed by atoms with Crippen LogP contribution in [0.5, 0.6) is 0 Å². The standard InChI is InChI=1S/C10H11N3O2S/c1-6-11-4-8(16-6)10-12-9(13-15-10)7-2-3-14-5-7/h4,7H,2-3,5H2,1H3/t7-/m0/s1. The van der Waals surface area contributed by atoms with E-state index in [4.69, 9.17) is 9.26 Å². The summed E-state index contributed by atoms with van der Waals surface area (Å²) in [5.74, 6) is 1.59. The van der Waals surface area contributed by atoms with Crippen molar-refractivity contribution in [3.05, 3.63) is 17.0 Å². The molecule has 1 aliphatic heterocycles. The first-order valence-corrected chi connectivity index (χ1v) is 5.99. The molecule has 0 N–H and O–H groups in total. The van der Waals surface area contributed by atoms with Crippen LogP contribution in [0, 0.1) is 6.92 Å². The summed E-state index contributed by atoms with van der Waals surface area (Å²) >= 11 is 1.56. The van der Waals surface area contributed by atoms with E-state index < -0.39 is 0 Å². The summed E-state index contributed by atoms with van der Waals surface area (Å²) in [5, 5.41) is 5.00. The first-order valence-electron chi connectivity index (χ1n) is 5.17. The highest BCUT2D eigenvalue weighted by Gasteiger charge is 2.23. The molecule has 3 heterocycles. The Balaban J connectivity index is 1.87. The fourth-order valence-corrected chi connectivity index (χ4v) is 2.40. The zero-order valence-electron chi connectivity index (χ0n) is 8.84. The highest BCUT2D eigenvalue weighted by atomic mass is 32.1. The second kappa shape index (κ2) is 3.95. The molecule has 0 bridgehead atoms. The van der Waals surface area contributed by atoms with Crippen LogP contribution in [0.15, 0.2) is 10.7 Å². The van der Waals surface area contributed by atoms with Gasteiger partial charge < -0.3 is 9.26 Å². The second-order valence-electron chi connectivity index (χ2n) is 3.76. The number of hydrogen-bond donors (Lipinski definition) is 0. The van der Waals surface area contributed by atoms with Crippen molar-refractivity contribution in [2.24, 2.45) is 0 Å². The maximum Gasteiger partial charge on any atom is 0.269 e. The molecule has 2 aromatic rings. The molecule has 1 fully saturated rings. The molecule has 0 saturated carbocycles. The van der Waals surface area contributed by atoms with Crippen molar-refractivity contribution < 1.29 is 9.26 Å². The Morgan fingerprint density at radius 2 is 2.44 bits per heavy atom. The molecule has 0 aliphatic carbocycles. The Morgan fingerprint density at radius 1 is 1.50 bits per heavy atom. The maximum atomic E-state index is 5.30. The molecule has 6 heteroatoms. The minimum Gasteiger partial charge on any atom is -0.381 e. The van der Waals surface area contributed by atoms with Crippen LogP contribution < -0.4 is 0 Å². The van der Waals surface area contributed by atoms with Gasteiger partial charge in [-0.1, -0.05) is 5.16 Å². The van der Waals surface area contributed by atoms with Crippen LogP contribution in [0.2, 0.25) is 0 Å². The summed E-state index contributed by atoms with van der Waals surface area (Å²) in [5.41, 5.74) is 0. The number of aromatic nitrogens is 3. The molecule has 1 saturated heterocycles. The fraction of sp³-hybridized carbons (Fsp3) is 0.500. The number of thiazole rings is 1. The number of nitrogens with zero attached hydrogens (tertiary/aromatic N) is 3. The third kappa shape index (κ3) is 1.74. The van der Waals surface area contributed by atoms with Crippen molar-refractivity contribution in [3.63, 3.8) is 0 Å². The molecule has 16 heavy (non-hydrogen) atoms. The van der Waals surface area contributed by atoms with E-state index in [1.165, 1.54) is 0 Å². The lowest BCUT2D eigenvalue weighted by Gasteiger charge is -1.97. The molecule has 1 aliphatic rings. The summed E-state index contributed by atoms with van der Waals surface area (Å²) < 4.78 is 10.5. The lowest BCUT2D eigenvalue weighted by Crippen LogP contribution is -1.99. The smallest absolute Gasteiger partial charge is 0.269 e. The van der Waals surface area contributed by atoms with E-state index >= 15 is 0 Å². The van der Waals surface area contributed by atoms with Crippen molar-refractivity contribution in [2.75, 3.05) is 13.2 Å². The number of rotatable bonds is 2. The summed E-state index contributed by atoms with van der Waals surface area (Å²) in [7, 11) is 0. The molecular weight excluding hydrogens is 226 g/mol. The van der Waals surface area contributed by atoms with Crippen LogP contribution in [0.3, 0.4) is 0 Å². The Labute approximate surface area is 96.5 Å². The molecule has 0 spiro atoms. The van der Waals surface area contributed by atoms with Gasteiger partial charge in [0, 0.05) is 12.5 Å². The Hall–Kier alpha value is -1.27. The summed E-state index contributed by atoms with van der Waals surface area (Å²) in [6, 6.07) is 0. The average molecular weight is 237 g/mol. The molecule has 3 rings (SSSR count). The minimum atomic E-state index is 0.284. The van der Waals surface area contributed by atoms with E-state index in [2.05, 4.69) is 15.1 Å². The first-order chi connectivity index (χ1) is 7.83. The highest BCUT2D eigenvalue weighted by molar-refractivity contribution is 7.14. The van der Waals surface area contributed by atoms with Gasteiger partial charge >= 0.3 is 0 Å². The molecule has 2 aromatic heterocycles. The van der Waals surface area contributed by atoms with Crippen LogP contribution in [-0.2, 0) is 4.74 Å². The third-order valence-corrected chi connectivity index (χ3v) is 3.47. The van der Waals surface area contributed by atoms with E-state index in [1.807, 2.05) is 6.92 Å². The van der Waals surface area contributed by atoms with E-state index in [-0.39, 0.29) is 5.92 Å². The van der Waals surface area contributed by atoms with Gasteiger partial charge in [-0.3, -0.25) is 0 Å². The SMILES string of the molecule is Cc1ncc(-c2nc([C@H]3CCOC3)no2)s1. The van der Waals surface area contributed by atoms with E-state index in [1.54, 1.807) is 17.5 Å². The van der Waals surface area contributed by atoms with Gasteiger partial charge in [-0.05, 0) is 13.3 Å². The van der Waals surface area contributed by atoms with Crippen molar-refractivity contribution in [1.82, 2.24) is 15.1 Å². The topological polar surface area (TPSA) is 61.0 Å². The van der Waals surface area contributed by atoms with Crippen LogP contribution in [0.25, 0.3) is 10.8 Å². The largest absolute Gasteiger partial charge is 0.381 e. The second-order valence-corrected chi connectivity index (χ2v) is 5.00. The summed E-state index contributed by atoms with van der Waals surface area (Å²) in [6.07, 6.45) is 2.74. The summed E-state index contributed by atoms with van der Waals surface area (Å²) in [4.78, 5) is 9.48. The van der Waals surface area contributed by atoms with Crippen LogP contribution in [-0.4, -0.2) is 28.3 Å². The van der Waals surface area contributed by atoms with Gasteiger partial charge in [-0.15, -0.1) is 11.3 Å². The molecule has 84 valence electrons. The van der Waals surface area contributed by atoms with E-state index in [0.717, 1.165) is 28.7 Å². The van der Waals surface area contributed by atoms with Crippen LogP contribution in [0.1, 0.15) is 23.2 Å². The maximum absolute atomic E-state index is 5.30. The Morgan fingerprint density at radius 3 is 3.12 bits per heavy atom. The fourth-order valence-electron chi connectivity index (χ4n) is 1.70. The first kappa shape index (κ1) is 9.92. The van der Waals surface area contributed by atoms with Gasteiger partial charge in [-0.25, -0.2) is 4.98 Å². The quantitative estimate of drug-likeness (QED) is 0.799. The van der Waals surface area contributed by atoms with Crippen LogP contribution in [0.4, 0.5) is 0 Å². The number of aryl methyl sites for hydroxylation is 1. The predicted molar refractivity (Wildman–Crippen MR) is 58.3 cm³/mol. The van der Waals surface area contributed by atoms with E-state index in [0.29, 0.717) is 12.5 Å². The lowest BCUT2D eigenvalue weighted by molar-refractivity contribution is 0.192. The van der Waals surface area contributed by atoms with Gasteiger partial charge in [0.2, 0.25) is 0 Å². The van der Waals surface area contributed by atoms with Gasteiger partial charge in [0.25, 0.3) is 5.89 Å². The van der Waals surface area contributed by atoms with Crippen LogP contribution >= 0.6 is 11.3 Å². The molecule has 0 aromatic carbocycles. The van der Waals surface area contributed by atoms with E-state index in [9.17, 15) is 0 Å². The third-order valence-electron chi connectivity index (χ3n) is 2.57. The summed E-state index contributed by atoms with van der Waals surface area (Å²) in [6.45, 7) is 3.44. The molecule has 5 nitrogen and oxygen atoms in total. The van der Waals surface area contributed by atoms with Crippen molar-refractivity contribution >= 4 is 11.3 Å². The highest BCUT2D eigenvalue weighted by Crippen LogP contribution is 2.28. The molecule has 0 amide bonds.